The highest BCUT2D eigenvalue weighted by atomic mass is 16.5. The first-order chi connectivity index (χ1) is 12.0. The summed E-state index contributed by atoms with van der Waals surface area (Å²) < 4.78 is 5.21. The standard InChI is InChI=1S/C20H22N2O3/c1-13-7-8-15(9-14(13)2)20(24)21-16-10-19(23)22(12-16)17-5-4-6-18(11-17)25-3/h4-9,11,16H,10,12H2,1-3H3,(H,21,24). The Morgan fingerprint density at radius 1 is 1.16 bits per heavy atom. The minimum atomic E-state index is -0.201. The van der Waals surface area contributed by atoms with Gasteiger partial charge in [0, 0.05) is 30.3 Å². The Morgan fingerprint density at radius 2 is 1.96 bits per heavy atom. The van der Waals surface area contributed by atoms with Crippen molar-refractivity contribution in [3.8, 4) is 5.75 Å². The van der Waals surface area contributed by atoms with Crippen LogP contribution in [-0.4, -0.2) is 31.5 Å². The van der Waals surface area contributed by atoms with Gasteiger partial charge in [-0.2, -0.15) is 0 Å². The molecule has 1 saturated heterocycles. The molecule has 3 rings (SSSR count). The molecule has 0 aromatic heterocycles. The summed E-state index contributed by atoms with van der Waals surface area (Å²) in [5, 5.41) is 2.97. The lowest BCUT2D eigenvalue weighted by atomic mass is 10.1. The molecule has 130 valence electrons. The molecular weight excluding hydrogens is 316 g/mol. The fourth-order valence-corrected chi connectivity index (χ4v) is 2.98. The van der Waals surface area contributed by atoms with Crippen LogP contribution in [-0.2, 0) is 4.79 Å². The van der Waals surface area contributed by atoms with Crippen LogP contribution in [0.5, 0.6) is 5.75 Å². The zero-order valence-corrected chi connectivity index (χ0v) is 14.7. The van der Waals surface area contributed by atoms with E-state index in [4.69, 9.17) is 4.74 Å². The lowest BCUT2D eigenvalue weighted by Crippen LogP contribution is -2.37. The number of anilines is 1. The number of rotatable bonds is 4. The molecule has 0 aliphatic carbocycles. The zero-order valence-electron chi connectivity index (χ0n) is 14.7. The average Bonchev–Trinajstić information content (AvgIpc) is 2.97. The number of hydrogen-bond acceptors (Lipinski definition) is 3. The molecule has 1 atom stereocenters. The second-order valence-electron chi connectivity index (χ2n) is 6.38. The number of methoxy groups -OCH3 is 1. The van der Waals surface area contributed by atoms with Gasteiger partial charge in [0.25, 0.3) is 5.91 Å². The Kier molecular flexibility index (Phi) is 4.74. The van der Waals surface area contributed by atoms with Gasteiger partial charge in [0.05, 0.1) is 13.2 Å². The molecular formula is C20H22N2O3. The lowest BCUT2D eigenvalue weighted by Gasteiger charge is -2.18. The second kappa shape index (κ2) is 6.97. The molecule has 1 unspecified atom stereocenters. The largest absolute Gasteiger partial charge is 0.497 e. The van der Waals surface area contributed by atoms with Crippen molar-refractivity contribution < 1.29 is 14.3 Å². The normalized spacial score (nSPS) is 16.8. The Bertz CT molecular complexity index is 816. The van der Waals surface area contributed by atoms with Crippen LogP contribution in [0, 0.1) is 13.8 Å². The third kappa shape index (κ3) is 3.65. The number of amides is 2. The zero-order chi connectivity index (χ0) is 18.0. The molecule has 2 aromatic carbocycles. The van der Waals surface area contributed by atoms with Crippen LogP contribution in [0.1, 0.15) is 27.9 Å². The minimum absolute atomic E-state index is 0.00126. The summed E-state index contributed by atoms with van der Waals surface area (Å²) in [7, 11) is 1.59. The van der Waals surface area contributed by atoms with Crippen LogP contribution in [0.25, 0.3) is 0 Å². The van der Waals surface area contributed by atoms with Gasteiger partial charge in [-0.1, -0.05) is 12.1 Å². The molecule has 1 heterocycles. The van der Waals surface area contributed by atoms with Crippen molar-refractivity contribution >= 4 is 17.5 Å². The number of ether oxygens (including phenoxy) is 1. The minimum Gasteiger partial charge on any atom is -0.497 e. The van der Waals surface area contributed by atoms with Gasteiger partial charge >= 0.3 is 0 Å². The molecule has 2 aromatic rings. The molecule has 1 fully saturated rings. The number of carbonyl (C=O) groups excluding carboxylic acids is 2. The van der Waals surface area contributed by atoms with Crippen molar-refractivity contribution in [1.29, 1.82) is 0 Å². The SMILES string of the molecule is COc1cccc(N2CC(NC(=O)c3ccc(C)c(C)c3)CC2=O)c1. The van der Waals surface area contributed by atoms with E-state index in [1.54, 1.807) is 12.0 Å². The van der Waals surface area contributed by atoms with E-state index in [2.05, 4.69) is 5.32 Å². The van der Waals surface area contributed by atoms with Gasteiger partial charge in [0.2, 0.25) is 5.91 Å². The summed E-state index contributed by atoms with van der Waals surface area (Å²) in [5.41, 5.74) is 3.63. The summed E-state index contributed by atoms with van der Waals surface area (Å²) >= 11 is 0. The quantitative estimate of drug-likeness (QED) is 0.932. The maximum absolute atomic E-state index is 12.5. The first-order valence-electron chi connectivity index (χ1n) is 8.30. The van der Waals surface area contributed by atoms with E-state index in [0.717, 1.165) is 16.8 Å². The van der Waals surface area contributed by atoms with Crippen molar-refractivity contribution in [2.75, 3.05) is 18.6 Å². The van der Waals surface area contributed by atoms with E-state index in [-0.39, 0.29) is 17.9 Å². The van der Waals surface area contributed by atoms with Crippen molar-refractivity contribution in [3.63, 3.8) is 0 Å². The van der Waals surface area contributed by atoms with Crippen LogP contribution >= 0.6 is 0 Å². The van der Waals surface area contributed by atoms with Gasteiger partial charge in [0.1, 0.15) is 5.75 Å². The highest BCUT2D eigenvalue weighted by molar-refractivity contribution is 5.99. The summed E-state index contributed by atoms with van der Waals surface area (Å²) in [4.78, 5) is 26.5. The molecule has 1 N–H and O–H groups in total. The fourth-order valence-electron chi connectivity index (χ4n) is 2.98. The van der Waals surface area contributed by atoms with E-state index in [1.165, 1.54) is 0 Å². The molecule has 25 heavy (non-hydrogen) atoms. The van der Waals surface area contributed by atoms with E-state index in [9.17, 15) is 9.59 Å². The summed E-state index contributed by atoms with van der Waals surface area (Å²) in [6.45, 7) is 4.46. The predicted molar refractivity (Wildman–Crippen MR) is 97.1 cm³/mol. The maximum Gasteiger partial charge on any atom is 0.251 e. The average molecular weight is 338 g/mol. The summed E-state index contributed by atoms with van der Waals surface area (Å²) in [6.07, 6.45) is 0.299. The van der Waals surface area contributed by atoms with Crippen molar-refractivity contribution in [2.24, 2.45) is 0 Å². The third-order valence-electron chi connectivity index (χ3n) is 4.59. The van der Waals surface area contributed by atoms with Gasteiger partial charge in [-0.25, -0.2) is 0 Å². The van der Waals surface area contributed by atoms with Crippen LogP contribution in [0.3, 0.4) is 0 Å². The number of nitrogens with one attached hydrogen (secondary N) is 1. The number of aryl methyl sites for hydroxylation is 2. The van der Waals surface area contributed by atoms with Crippen LogP contribution in [0.15, 0.2) is 42.5 Å². The molecule has 1 aliphatic heterocycles. The lowest BCUT2D eigenvalue weighted by molar-refractivity contribution is -0.117. The maximum atomic E-state index is 12.5. The van der Waals surface area contributed by atoms with Crippen molar-refractivity contribution in [1.82, 2.24) is 5.32 Å². The monoisotopic (exact) mass is 338 g/mol. The van der Waals surface area contributed by atoms with Crippen LogP contribution < -0.4 is 15.0 Å². The Morgan fingerprint density at radius 3 is 2.68 bits per heavy atom. The predicted octanol–water partition coefficient (Wildman–Crippen LogP) is 2.85. The Hall–Kier alpha value is -2.82. The molecule has 0 saturated carbocycles. The number of hydrogen-bond donors (Lipinski definition) is 1. The Labute approximate surface area is 147 Å². The van der Waals surface area contributed by atoms with Crippen molar-refractivity contribution in [2.45, 2.75) is 26.3 Å². The molecule has 0 radical (unpaired) electrons. The first-order valence-corrected chi connectivity index (χ1v) is 8.30. The van der Waals surface area contributed by atoms with Gasteiger partial charge < -0.3 is 15.0 Å². The third-order valence-corrected chi connectivity index (χ3v) is 4.59. The van der Waals surface area contributed by atoms with Crippen LogP contribution in [0.2, 0.25) is 0 Å². The smallest absolute Gasteiger partial charge is 0.251 e. The van der Waals surface area contributed by atoms with E-state index in [1.807, 2.05) is 56.3 Å². The van der Waals surface area contributed by atoms with Gasteiger partial charge in [0.15, 0.2) is 0 Å². The van der Waals surface area contributed by atoms with Crippen molar-refractivity contribution in [3.05, 3.63) is 59.2 Å². The highest BCUT2D eigenvalue weighted by Crippen LogP contribution is 2.25. The molecule has 0 spiro atoms. The number of benzene rings is 2. The molecule has 0 bridgehead atoms. The summed E-state index contributed by atoms with van der Waals surface area (Å²) in [5.74, 6) is 0.556. The van der Waals surface area contributed by atoms with E-state index in [0.29, 0.717) is 24.3 Å². The Balaban J connectivity index is 1.69. The summed E-state index contributed by atoms with van der Waals surface area (Å²) in [6, 6.07) is 12.8. The van der Waals surface area contributed by atoms with Gasteiger partial charge in [-0.15, -0.1) is 0 Å². The highest BCUT2D eigenvalue weighted by Gasteiger charge is 2.31. The molecule has 5 nitrogen and oxygen atoms in total. The fraction of sp³-hybridized carbons (Fsp3) is 0.300. The number of carbonyl (C=O) groups is 2. The second-order valence-corrected chi connectivity index (χ2v) is 6.38. The van der Waals surface area contributed by atoms with Gasteiger partial charge in [-0.3, -0.25) is 9.59 Å². The number of nitrogens with zero attached hydrogens (tertiary/aromatic N) is 1. The van der Waals surface area contributed by atoms with E-state index >= 15 is 0 Å². The topological polar surface area (TPSA) is 58.6 Å². The molecule has 1 aliphatic rings. The molecule has 5 heteroatoms. The van der Waals surface area contributed by atoms with E-state index < -0.39 is 0 Å². The van der Waals surface area contributed by atoms with Crippen LogP contribution in [0.4, 0.5) is 5.69 Å². The van der Waals surface area contributed by atoms with Gasteiger partial charge in [-0.05, 0) is 49.2 Å². The molecule has 2 amide bonds. The first kappa shape index (κ1) is 17.0.